The van der Waals surface area contributed by atoms with Gasteiger partial charge in [0, 0.05) is 5.56 Å². The summed E-state index contributed by atoms with van der Waals surface area (Å²) in [4.78, 5) is 0. The zero-order valence-corrected chi connectivity index (χ0v) is 11.6. The number of hydrogen-bond acceptors (Lipinski definition) is 3. The topological polar surface area (TPSA) is 38.4 Å². The lowest BCUT2D eigenvalue weighted by atomic mass is 10.0. The maximum atomic E-state index is 13.0. The second kappa shape index (κ2) is 5.20. The van der Waals surface area contributed by atoms with Gasteiger partial charge in [-0.3, -0.25) is 5.14 Å². The fourth-order valence-electron chi connectivity index (χ4n) is 2.61. The summed E-state index contributed by atoms with van der Waals surface area (Å²) in [5.74, 6) is 0. The van der Waals surface area contributed by atoms with Crippen LogP contribution in [0.3, 0.4) is 0 Å². The minimum absolute atomic E-state index is 0.0482. The molecule has 2 aromatic carbocycles. The third-order valence-corrected chi connectivity index (χ3v) is 3.77. The molecule has 0 saturated carbocycles. The highest BCUT2D eigenvalue weighted by molar-refractivity contribution is 7.95. The van der Waals surface area contributed by atoms with Crippen molar-refractivity contribution in [3.8, 4) is 11.1 Å². The van der Waals surface area contributed by atoms with Crippen LogP contribution in [0, 0.1) is 0 Å². The molecule has 2 aromatic rings. The van der Waals surface area contributed by atoms with Crippen LogP contribution in [0.5, 0.6) is 0 Å². The molecule has 0 atom stereocenters. The Kier molecular flexibility index (Phi) is 3.51. The fourth-order valence-corrected chi connectivity index (χ4v) is 2.93. The minimum atomic E-state index is -4.52. The summed E-state index contributed by atoms with van der Waals surface area (Å²) >= 11 is 0.320. The molecule has 0 saturated heterocycles. The number of benzene rings is 2. The first-order valence-electron chi connectivity index (χ1n) is 6.23. The molecule has 1 aliphatic carbocycles. The molecule has 0 fully saturated rings. The number of halogens is 3. The van der Waals surface area contributed by atoms with Gasteiger partial charge in [0.05, 0.1) is 12.1 Å². The average Bonchev–Trinajstić information content (AvgIpc) is 2.81. The molecule has 108 valence electrons. The van der Waals surface area contributed by atoms with Crippen LogP contribution in [0.25, 0.3) is 11.1 Å². The molecule has 3 rings (SSSR count). The largest absolute Gasteiger partial charge is 0.434 e. The van der Waals surface area contributed by atoms with E-state index in [0.717, 1.165) is 22.3 Å². The monoisotopic (exact) mass is 308 g/mol. The van der Waals surface area contributed by atoms with Gasteiger partial charge >= 0.3 is 6.18 Å². The number of fused-ring (bicyclic) bond motifs is 3. The first-order chi connectivity index (χ1) is 10.0. The third-order valence-electron chi connectivity index (χ3n) is 3.48. The summed E-state index contributed by atoms with van der Waals surface area (Å²) in [5.41, 5.74) is 3.17. The minimum Gasteiger partial charge on any atom is -0.258 e. The molecule has 0 bridgehead atoms. The highest BCUT2D eigenvalue weighted by atomic mass is 32.2. The van der Waals surface area contributed by atoms with Crippen LogP contribution in [-0.4, -0.2) is 11.9 Å². The van der Waals surface area contributed by atoms with E-state index in [1.54, 1.807) is 12.1 Å². The molecule has 1 aliphatic rings. The van der Waals surface area contributed by atoms with Crippen molar-refractivity contribution in [3.63, 3.8) is 0 Å². The lowest BCUT2D eigenvalue weighted by Gasteiger charge is -2.11. The van der Waals surface area contributed by atoms with E-state index in [9.17, 15) is 13.2 Å². The molecule has 21 heavy (non-hydrogen) atoms. The Morgan fingerprint density at radius 3 is 2.48 bits per heavy atom. The predicted molar refractivity (Wildman–Crippen MR) is 79.1 cm³/mol. The summed E-state index contributed by atoms with van der Waals surface area (Å²) in [7, 11) is 0. The van der Waals surface area contributed by atoms with Crippen LogP contribution in [0.1, 0.15) is 16.7 Å². The molecule has 2 N–H and O–H groups in total. The Morgan fingerprint density at radius 1 is 1.05 bits per heavy atom. The Balaban J connectivity index is 2.06. The molecule has 0 heterocycles. The van der Waals surface area contributed by atoms with Gasteiger partial charge in [0.2, 0.25) is 0 Å². The van der Waals surface area contributed by atoms with Crippen molar-refractivity contribution in [2.45, 2.75) is 12.6 Å². The van der Waals surface area contributed by atoms with E-state index >= 15 is 0 Å². The lowest BCUT2D eigenvalue weighted by Crippen LogP contribution is -2.24. The van der Waals surface area contributed by atoms with Gasteiger partial charge in [-0.2, -0.15) is 17.6 Å². The number of nitrogens with zero attached hydrogens (tertiary/aromatic N) is 1. The Bertz CT molecular complexity index is 723. The van der Waals surface area contributed by atoms with Crippen molar-refractivity contribution in [1.82, 2.24) is 0 Å². The van der Waals surface area contributed by atoms with Crippen molar-refractivity contribution in [2.75, 3.05) is 0 Å². The molecule has 0 aromatic heterocycles. The molecule has 2 nitrogen and oxygen atoms in total. The van der Waals surface area contributed by atoms with Crippen molar-refractivity contribution in [2.24, 2.45) is 9.54 Å². The zero-order chi connectivity index (χ0) is 15.0. The molecular formula is C15H11F3N2S. The highest BCUT2D eigenvalue weighted by Crippen LogP contribution is 2.37. The van der Waals surface area contributed by atoms with Gasteiger partial charge in [-0.05, 0) is 34.7 Å². The maximum absolute atomic E-state index is 13.0. The first kappa shape index (κ1) is 14.2. The van der Waals surface area contributed by atoms with Gasteiger partial charge in [0.1, 0.15) is 0 Å². The van der Waals surface area contributed by atoms with Crippen LogP contribution in [0.15, 0.2) is 46.9 Å². The molecule has 0 spiro atoms. The number of rotatable bonds is 2. The van der Waals surface area contributed by atoms with Crippen LogP contribution < -0.4 is 5.14 Å². The second-order valence-corrected chi connectivity index (χ2v) is 5.14. The summed E-state index contributed by atoms with van der Waals surface area (Å²) in [6.07, 6.45) is -3.88. The lowest BCUT2D eigenvalue weighted by molar-refractivity contribution is -0.0578. The van der Waals surface area contributed by atoms with E-state index in [4.69, 9.17) is 5.14 Å². The Morgan fingerprint density at radius 2 is 1.76 bits per heavy atom. The molecule has 6 heteroatoms. The van der Waals surface area contributed by atoms with Gasteiger partial charge in [-0.25, -0.2) is 0 Å². The molecule has 0 unspecified atom stereocenters. The third kappa shape index (κ3) is 2.56. The van der Waals surface area contributed by atoms with E-state index in [1.165, 1.54) is 6.07 Å². The standard InChI is InChI=1S/C15H11F3N2S/c16-15(17,18)14(20-21-19)10-5-6-13-11(8-10)7-9-3-1-2-4-12(9)13/h1-6,8H,7,19H2/b20-14-. The van der Waals surface area contributed by atoms with E-state index in [0.29, 0.717) is 18.6 Å². The maximum Gasteiger partial charge on any atom is 0.434 e. The van der Waals surface area contributed by atoms with Crippen molar-refractivity contribution < 1.29 is 13.2 Å². The van der Waals surface area contributed by atoms with Crippen LogP contribution in [0.2, 0.25) is 0 Å². The normalized spacial score (nSPS) is 14.0. The van der Waals surface area contributed by atoms with Crippen LogP contribution in [-0.2, 0) is 6.42 Å². The smallest absolute Gasteiger partial charge is 0.258 e. The molecule has 0 radical (unpaired) electrons. The van der Waals surface area contributed by atoms with Crippen LogP contribution >= 0.6 is 12.1 Å². The van der Waals surface area contributed by atoms with Gasteiger partial charge in [-0.15, -0.1) is 0 Å². The van der Waals surface area contributed by atoms with Gasteiger partial charge in [0.25, 0.3) is 0 Å². The molecular weight excluding hydrogens is 297 g/mol. The van der Waals surface area contributed by atoms with Crippen molar-refractivity contribution >= 4 is 17.8 Å². The quantitative estimate of drug-likeness (QED) is 0.571. The zero-order valence-electron chi connectivity index (χ0n) is 10.8. The fraction of sp³-hybridized carbons (Fsp3) is 0.133. The second-order valence-electron chi connectivity index (χ2n) is 4.75. The predicted octanol–water partition coefficient (Wildman–Crippen LogP) is 4.13. The number of nitrogens with two attached hydrogens (primary N) is 1. The summed E-state index contributed by atoms with van der Waals surface area (Å²) in [6.45, 7) is 0. The number of hydrogen-bond donors (Lipinski definition) is 1. The van der Waals surface area contributed by atoms with Crippen LogP contribution in [0.4, 0.5) is 13.2 Å². The Labute approximate surface area is 124 Å². The van der Waals surface area contributed by atoms with Crippen molar-refractivity contribution in [3.05, 3.63) is 59.2 Å². The van der Waals surface area contributed by atoms with E-state index in [1.807, 2.05) is 24.3 Å². The molecule has 0 amide bonds. The first-order valence-corrected chi connectivity index (χ1v) is 7.07. The SMILES string of the molecule is NS/N=C(/c1ccc2c(c1)Cc1ccccc1-2)C(F)(F)F. The van der Waals surface area contributed by atoms with Gasteiger partial charge in [-0.1, -0.05) is 36.4 Å². The van der Waals surface area contributed by atoms with Gasteiger partial charge in [0.15, 0.2) is 5.71 Å². The van der Waals surface area contributed by atoms with E-state index in [-0.39, 0.29) is 5.56 Å². The van der Waals surface area contributed by atoms with Crippen molar-refractivity contribution in [1.29, 1.82) is 0 Å². The van der Waals surface area contributed by atoms with Gasteiger partial charge < -0.3 is 0 Å². The van der Waals surface area contributed by atoms with E-state index < -0.39 is 11.9 Å². The summed E-state index contributed by atoms with van der Waals surface area (Å²) in [6, 6.07) is 12.5. The molecule has 0 aliphatic heterocycles. The van der Waals surface area contributed by atoms with E-state index in [2.05, 4.69) is 4.40 Å². The average molecular weight is 308 g/mol. The Hall–Kier alpha value is -1.79. The number of alkyl halides is 3. The summed E-state index contributed by atoms with van der Waals surface area (Å²) < 4.78 is 42.4. The highest BCUT2D eigenvalue weighted by Gasteiger charge is 2.37. The summed E-state index contributed by atoms with van der Waals surface area (Å²) in [5, 5.41) is 5.07.